The summed E-state index contributed by atoms with van der Waals surface area (Å²) in [7, 11) is 1.74. The summed E-state index contributed by atoms with van der Waals surface area (Å²) >= 11 is 6.07. The van der Waals surface area contributed by atoms with Crippen molar-refractivity contribution in [3.8, 4) is 0 Å². The van der Waals surface area contributed by atoms with E-state index < -0.39 is 17.5 Å². The van der Waals surface area contributed by atoms with Crippen molar-refractivity contribution in [3.63, 3.8) is 0 Å². The smallest absolute Gasteiger partial charge is 0.306 e. The van der Waals surface area contributed by atoms with Crippen LogP contribution in [0.5, 0.6) is 0 Å². The number of hydrogen-bond donors (Lipinski definition) is 2. The number of carboxylic acid groups (broad SMARTS) is 1. The SMILES string of the molecule is Cc1nn(C)c(Cl)c1CC1(O)CC(C(=O)O)C1. The third kappa shape index (κ3) is 2.17. The van der Waals surface area contributed by atoms with Gasteiger partial charge in [-0.05, 0) is 19.8 Å². The van der Waals surface area contributed by atoms with Gasteiger partial charge in [-0.15, -0.1) is 0 Å². The molecule has 17 heavy (non-hydrogen) atoms. The van der Waals surface area contributed by atoms with Gasteiger partial charge in [0.1, 0.15) is 5.15 Å². The van der Waals surface area contributed by atoms with E-state index in [1.807, 2.05) is 6.92 Å². The highest BCUT2D eigenvalue weighted by Crippen LogP contribution is 2.41. The highest BCUT2D eigenvalue weighted by atomic mass is 35.5. The number of aliphatic carboxylic acids is 1. The molecule has 0 aliphatic heterocycles. The number of nitrogens with zero attached hydrogens (tertiary/aromatic N) is 2. The Hall–Kier alpha value is -1.07. The van der Waals surface area contributed by atoms with E-state index in [2.05, 4.69) is 5.10 Å². The molecule has 2 rings (SSSR count). The molecule has 1 fully saturated rings. The minimum Gasteiger partial charge on any atom is -0.481 e. The molecule has 0 radical (unpaired) electrons. The van der Waals surface area contributed by atoms with Crippen molar-refractivity contribution >= 4 is 17.6 Å². The van der Waals surface area contributed by atoms with Crippen LogP contribution in [0.15, 0.2) is 0 Å². The molecule has 1 heterocycles. The summed E-state index contributed by atoms with van der Waals surface area (Å²) < 4.78 is 1.56. The van der Waals surface area contributed by atoms with E-state index in [1.165, 1.54) is 0 Å². The molecule has 5 nitrogen and oxygen atoms in total. The van der Waals surface area contributed by atoms with Crippen LogP contribution < -0.4 is 0 Å². The van der Waals surface area contributed by atoms with Gasteiger partial charge in [0.2, 0.25) is 0 Å². The Balaban J connectivity index is 2.10. The number of carbonyl (C=O) groups is 1. The van der Waals surface area contributed by atoms with E-state index in [4.69, 9.17) is 16.7 Å². The lowest BCUT2D eigenvalue weighted by Gasteiger charge is -2.41. The minimum absolute atomic E-state index is 0.285. The van der Waals surface area contributed by atoms with Gasteiger partial charge in [-0.2, -0.15) is 5.10 Å². The maximum absolute atomic E-state index is 10.7. The second-order valence-corrected chi connectivity index (χ2v) is 5.18. The van der Waals surface area contributed by atoms with Gasteiger partial charge in [0.15, 0.2) is 0 Å². The molecule has 1 aliphatic rings. The Morgan fingerprint density at radius 1 is 1.65 bits per heavy atom. The van der Waals surface area contributed by atoms with Crippen molar-refractivity contribution in [1.82, 2.24) is 9.78 Å². The summed E-state index contributed by atoms with van der Waals surface area (Å²) in [5, 5.41) is 23.6. The molecular formula is C11H15ClN2O3. The Kier molecular flexibility index (Phi) is 2.91. The fourth-order valence-electron chi connectivity index (χ4n) is 2.38. The highest BCUT2D eigenvalue weighted by molar-refractivity contribution is 6.30. The van der Waals surface area contributed by atoms with Crippen molar-refractivity contribution in [2.75, 3.05) is 0 Å². The van der Waals surface area contributed by atoms with Crippen molar-refractivity contribution < 1.29 is 15.0 Å². The molecule has 1 saturated carbocycles. The number of rotatable bonds is 3. The number of aromatic nitrogens is 2. The van der Waals surface area contributed by atoms with Crippen LogP contribution in [-0.2, 0) is 18.3 Å². The largest absolute Gasteiger partial charge is 0.481 e. The molecule has 1 aromatic rings. The number of hydrogen-bond acceptors (Lipinski definition) is 3. The zero-order valence-corrected chi connectivity index (χ0v) is 10.5. The van der Waals surface area contributed by atoms with Crippen molar-refractivity contribution in [3.05, 3.63) is 16.4 Å². The lowest BCUT2D eigenvalue weighted by atomic mass is 9.68. The fourth-order valence-corrected chi connectivity index (χ4v) is 2.62. The van der Waals surface area contributed by atoms with E-state index in [1.54, 1.807) is 11.7 Å². The lowest BCUT2D eigenvalue weighted by Crippen LogP contribution is -2.48. The summed E-state index contributed by atoms with van der Waals surface area (Å²) in [6.07, 6.45) is 0.940. The molecule has 6 heteroatoms. The number of carboxylic acids is 1. The van der Waals surface area contributed by atoms with Crippen LogP contribution in [0.1, 0.15) is 24.1 Å². The Morgan fingerprint density at radius 3 is 2.65 bits per heavy atom. The average Bonchev–Trinajstić information content (AvgIpc) is 2.41. The Labute approximate surface area is 104 Å². The summed E-state index contributed by atoms with van der Waals surface area (Å²) in [5.74, 6) is -1.28. The van der Waals surface area contributed by atoms with Gasteiger partial charge in [0, 0.05) is 19.0 Å². The third-order valence-electron chi connectivity index (χ3n) is 3.38. The van der Waals surface area contributed by atoms with Crippen molar-refractivity contribution in [1.29, 1.82) is 0 Å². The highest BCUT2D eigenvalue weighted by Gasteiger charge is 2.46. The first kappa shape index (κ1) is 12.4. The van der Waals surface area contributed by atoms with Crippen molar-refractivity contribution in [2.24, 2.45) is 13.0 Å². The molecule has 0 bridgehead atoms. The van der Waals surface area contributed by atoms with Gasteiger partial charge >= 0.3 is 5.97 Å². The molecule has 94 valence electrons. The van der Waals surface area contributed by atoms with E-state index in [-0.39, 0.29) is 12.8 Å². The maximum Gasteiger partial charge on any atom is 0.306 e. The summed E-state index contributed by atoms with van der Waals surface area (Å²) in [5.41, 5.74) is 0.644. The monoisotopic (exact) mass is 258 g/mol. The molecule has 0 spiro atoms. The molecule has 2 N–H and O–H groups in total. The van der Waals surface area contributed by atoms with Gasteiger partial charge in [0.05, 0.1) is 17.2 Å². The van der Waals surface area contributed by atoms with Crippen molar-refractivity contribution in [2.45, 2.75) is 31.8 Å². The Morgan fingerprint density at radius 2 is 2.24 bits per heavy atom. The van der Waals surface area contributed by atoms with Gasteiger partial charge in [0.25, 0.3) is 0 Å². The van der Waals surface area contributed by atoms with Crippen LogP contribution in [-0.4, -0.2) is 31.6 Å². The first-order valence-electron chi connectivity index (χ1n) is 5.45. The molecule has 0 saturated heterocycles. The molecule has 0 unspecified atom stereocenters. The van der Waals surface area contributed by atoms with E-state index in [9.17, 15) is 9.90 Å². The van der Waals surface area contributed by atoms with E-state index in [0.717, 1.165) is 11.3 Å². The summed E-state index contributed by atoms with van der Waals surface area (Å²) in [4.78, 5) is 10.7. The Bertz CT molecular complexity index is 464. The topological polar surface area (TPSA) is 75.3 Å². The summed E-state index contributed by atoms with van der Waals surface area (Å²) in [6.45, 7) is 1.83. The normalized spacial score (nSPS) is 27.9. The zero-order valence-electron chi connectivity index (χ0n) is 9.77. The fraction of sp³-hybridized carbons (Fsp3) is 0.636. The maximum atomic E-state index is 10.7. The number of aliphatic hydroxyl groups is 1. The van der Waals surface area contributed by atoms with Gasteiger partial charge < -0.3 is 10.2 Å². The predicted octanol–water partition coefficient (Wildman–Crippen LogP) is 1.15. The van der Waals surface area contributed by atoms with Crippen LogP contribution in [0.3, 0.4) is 0 Å². The zero-order chi connectivity index (χ0) is 12.8. The minimum atomic E-state index is -0.944. The number of aryl methyl sites for hydroxylation is 2. The molecule has 1 aliphatic carbocycles. The standard InChI is InChI=1S/C11H15ClN2O3/c1-6-8(9(12)14(2)13-6)5-11(17)3-7(4-11)10(15)16/h7,17H,3-5H2,1-2H3,(H,15,16). The third-order valence-corrected chi connectivity index (χ3v) is 3.85. The van der Waals surface area contributed by atoms with Crippen LogP contribution in [0.25, 0.3) is 0 Å². The first-order chi connectivity index (χ1) is 7.82. The van der Waals surface area contributed by atoms with Gasteiger partial charge in [-0.3, -0.25) is 9.48 Å². The van der Waals surface area contributed by atoms with Gasteiger partial charge in [-0.25, -0.2) is 0 Å². The van der Waals surface area contributed by atoms with Crippen LogP contribution in [0.4, 0.5) is 0 Å². The van der Waals surface area contributed by atoms with E-state index in [0.29, 0.717) is 11.6 Å². The van der Waals surface area contributed by atoms with E-state index >= 15 is 0 Å². The van der Waals surface area contributed by atoms with Gasteiger partial charge in [-0.1, -0.05) is 11.6 Å². The lowest BCUT2D eigenvalue weighted by molar-refractivity contribution is -0.158. The van der Waals surface area contributed by atoms with Crippen LogP contribution in [0.2, 0.25) is 5.15 Å². The second-order valence-electron chi connectivity index (χ2n) is 4.82. The summed E-state index contributed by atoms with van der Waals surface area (Å²) in [6, 6.07) is 0. The predicted molar refractivity (Wildman–Crippen MR) is 62.0 cm³/mol. The molecule has 0 atom stereocenters. The molecule has 0 aromatic carbocycles. The quantitative estimate of drug-likeness (QED) is 0.853. The van der Waals surface area contributed by atoms with Crippen LogP contribution >= 0.6 is 11.6 Å². The second kappa shape index (κ2) is 3.99. The molecular weight excluding hydrogens is 244 g/mol. The molecule has 1 aromatic heterocycles. The average molecular weight is 259 g/mol. The van der Waals surface area contributed by atoms with Crippen LogP contribution in [0, 0.1) is 12.8 Å². The molecule has 0 amide bonds. The first-order valence-corrected chi connectivity index (χ1v) is 5.83. The number of halogens is 1.